The Bertz CT molecular complexity index is 213. The average molecular weight is 221 g/mol. The Balaban J connectivity index is 4.11. The predicted molar refractivity (Wildman–Crippen MR) is 55.4 cm³/mol. The van der Waals surface area contributed by atoms with Crippen LogP contribution >= 0.6 is 0 Å². The summed E-state index contributed by atoms with van der Waals surface area (Å²) in [5.41, 5.74) is -0.595. The number of aliphatic hydroxyl groups is 1. The maximum atomic E-state index is 13.1. The smallest absolute Gasteiger partial charge is 0.410 e. The van der Waals surface area contributed by atoms with Crippen LogP contribution in [0, 0.1) is 0 Å². The Morgan fingerprint density at radius 2 is 2.00 bits per heavy atom. The molecule has 0 spiro atoms. The first-order valence-electron chi connectivity index (χ1n) is 4.89. The molecule has 4 nitrogen and oxygen atoms in total. The van der Waals surface area contributed by atoms with E-state index in [4.69, 9.17) is 9.84 Å². The van der Waals surface area contributed by atoms with E-state index in [-0.39, 0.29) is 6.54 Å². The maximum absolute atomic E-state index is 13.1. The van der Waals surface area contributed by atoms with E-state index in [0.29, 0.717) is 0 Å². The van der Waals surface area contributed by atoms with Gasteiger partial charge < -0.3 is 14.7 Å². The highest BCUT2D eigenvalue weighted by molar-refractivity contribution is 5.67. The quantitative estimate of drug-likeness (QED) is 0.787. The fraction of sp³-hybridized carbons (Fsp3) is 0.900. The van der Waals surface area contributed by atoms with Gasteiger partial charge in [-0.25, -0.2) is 9.18 Å². The molecule has 0 saturated carbocycles. The summed E-state index contributed by atoms with van der Waals surface area (Å²) in [5, 5.41) is 8.93. The fourth-order valence-corrected chi connectivity index (χ4v) is 0.829. The number of carbonyl (C=O) groups is 1. The largest absolute Gasteiger partial charge is 0.444 e. The molecule has 15 heavy (non-hydrogen) atoms. The van der Waals surface area contributed by atoms with Crippen LogP contribution in [0.15, 0.2) is 0 Å². The fourth-order valence-electron chi connectivity index (χ4n) is 0.829. The molecule has 0 saturated heterocycles. The summed E-state index contributed by atoms with van der Waals surface area (Å²) in [4.78, 5) is 12.5. The zero-order valence-corrected chi connectivity index (χ0v) is 9.95. The van der Waals surface area contributed by atoms with Gasteiger partial charge in [0, 0.05) is 7.05 Å². The number of aliphatic hydroxyl groups excluding tert-OH is 1. The van der Waals surface area contributed by atoms with Crippen LogP contribution < -0.4 is 0 Å². The Hall–Kier alpha value is -0.840. The minimum atomic E-state index is -1.46. The molecule has 1 N–H and O–H groups in total. The van der Waals surface area contributed by atoms with Crippen LogP contribution in [0.25, 0.3) is 0 Å². The number of hydrogen-bond donors (Lipinski definition) is 1. The monoisotopic (exact) mass is 221 g/mol. The molecule has 2 atom stereocenters. The third-order valence-corrected chi connectivity index (χ3v) is 1.68. The van der Waals surface area contributed by atoms with Gasteiger partial charge in [-0.05, 0) is 27.7 Å². The molecule has 0 aromatic carbocycles. The second kappa shape index (κ2) is 5.30. The molecule has 0 aromatic heterocycles. The summed E-state index contributed by atoms with van der Waals surface area (Å²) < 4.78 is 18.1. The molecule has 0 heterocycles. The molecule has 1 amide bonds. The molecule has 90 valence electrons. The van der Waals surface area contributed by atoms with Gasteiger partial charge in [-0.2, -0.15) is 0 Å². The van der Waals surface area contributed by atoms with E-state index >= 15 is 0 Å². The first-order chi connectivity index (χ1) is 6.63. The molecule has 0 rings (SSSR count). The van der Waals surface area contributed by atoms with Crippen molar-refractivity contribution in [1.29, 1.82) is 0 Å². The molecule has 0 bridgehead atoms. The highest BCUT2D eigenvalue weighted by atomic mass is 19.1. The molecule has 0 aliphatic rings. The first-order valence-corrected chi connectivity index (χ1v) is 4.89. The number of amides is 1. The SMILES string of the molecule is C[C@@H](O)[C@@H](F)CN(C)C(=O)OC(C)(C)C. The third-order valence-electron chi connectivity index (χ3n) is 1.68. The molecular weight excluding hydrogens is 201 g/mol. The topological polar surface area (TPSA) is 49.8 Å². The Kier molecular flexibility index (Phi) is 5.00. The van der Waals surface area contributed by atoms with E-state index in [2.05, 4.69) is 0 Å². The lowest BCUT2D eigenvalue weighted by Crippen LogP contribution is -2.40. The zero-order valence-electron chi connectivity index (χ0n) is 9.95. The second-order valence-corrected chi connectivity index (χ2v) is 4.62. The van der Waals surface area contributed by atoms with Gasteiger partial charge >= 0.3 is 6.09 Å². The Morgan fingerprint density at radius 3 is 2.33 bits per heavy atom. The van der Waals surface area contributed by atoms with Crippen molar-refractivity contribution in [3.05, 3.63) is 0 Å². The van der Waals surface area contributed by atoms with Crippen LogP contribution in [-0.4, -0.2) is 47.6 Å². The minimum absolute atomic E-state index is 0.174. The summed E-state index contributed by atoms with van der Waals surface area (Å²) in [6.07, 6.45) is -3.14. The number of hydrogen-bond acceptors (Lipinski definition) is 3. The van der Waals surface area contributed by atoms with Crippen LogP contribution in [-0.2, 0) is 4.74 Å². The predicted octanol–water partition coefficient (Wildman–Crippen LogP) is 1.57. The standard InChI is InChI=1S/C10H20FNO3/c1-7(13)8(11)6-12(5)9(14)15-10(2,3)4/h7-8,13H,6H2,1-5H3/t7-,8+/m1/s1. The highest BCUT2D eigenvalue weighted by Gasteiger charge is 2.23. The van der Waals surface area contributed by atoms with Crippen LogP contribution in [0.4, 0.5) is 9.18 Å². The molecule has 0 aliphatic carbocycles. The summed E-state index contributed by atoms with van der Waals surface area (Å²) in [6.45, 7) is 6.38. The van der Waals surface area contributed by atoms with Crippen molar-refractivity contribution in [1.82, 2.24) is 4.90 Å². The van der Waals surface area contributed by atoms with Gasteiger partial charge in [-0.1, -0.05) is 0 Å². The Labute approximate surface area is 90.0 Å². The van der Waals surface area contributed by atoms with Gasteiger partial charge in [0.25, 0.3) is 0 Å². The van der Waals surface area contributed by atoms with Crippen molar-refractivity contribution in [2.75, 3.05) is 13.6 Å². The van der Waals surface area contributed by atoms with Gasteiger partial charge in [-0.15, -0.1) is 0 Å². The molecule has 0 aliphatic heterocycles. The number of halogens is 1. The van der Waals surface area contributed by atoms with E-state index in [1.807, 2.05) is 0 Å². The molecule has 0 radical (unpaired) electrons. The van der Waals surface area contributed by atoms with Crippen molar-refractivity contribution >= 4 is 6.09 Å². The summed E-state index contributed by atoms with van der Waals surface area (Å²) in [5.74, 6) is 0. The van der Waals surface area contributed by atoms with E-state index in [1.54, 1.807) is 20.8 Å². The first kappa shape index (κ1) is 14.2. The normalized spacial score (nSPS) is 15.7. The lowest BCUT2D eigenvalue weighted by Gasteiger charge is -2.26. The van der Waals surface area contributed by atoms with E-state index in [9.17, 15) is 9.18 Å². The molecule has 0 aromatic rings. The second-order valence-electron chi connectivity index (χ2n) is 4.62. The molecule has 5 heteroatoms. The van der Waals surface area contributed by atoms with Gasteiger partial charge in [-0.3, -0.25) is 0 Å². The highest BCUT2D eigenvalue weighted by Crippen LogP contribution is 2.10. The van der Waals surface area contributed by atoms with Crippen LogP contribution in [0.2, 0.25) is 0 Å². The molecule has 0 unspecified atom stereocenters. The van der Waals surface area contributed by atoms with Gasteiger partial charge in [0.15, 0.2) is 0 Å². The van der Waals surface area contributed by atoms with Gasteiger partial charge in [0.1, 0.15) is 11.8 Å². The number of carbonyl (C=O) groups excluding carboxylic acids is 1. The lowest BCUT2D eigenvalue weighted by molar-refractivity contribution is 0.0166. The summed E-state index contributed by atoms with van der Waals surface area (Å²) >= 11 is 0. The van der Waals surface area contributed by atoms with Gasteiger partial charge in [0.05, 0.1) is 12.6 Å². The summed E-state index contributed by atoms with van der Waals surface area (Å²) in [7, 11) is 1.43. The lowest BCUT2D eigenvalue weighted by atomic mass is 10.2. The average Bonchev–Trinajstić information content (AvgIpc) is 2.00. The molecule has 0 fully saturated rings. The van der Waals surface area contributed by atoms with Crippen molar-refractivity contribution in [3.63, 3.8) is 0 Å². The van der Waals surface area contributed by atoms with Gasteiger partial charge in [0.2, 0.25) is 0 Å². The van der Waals surface area contributed by atoms with Crippen LogP contribution in [0.3, 0.4) is 0 Å². The number of nitrogens with zero attached hydrogens (tertiary/aromatic N) is 1. The van der Waals surface area contributed by atoms with E-state index < -0.39 is 24.0 Å². The van der Waals surface area contributed by atoms with Crippen molar-refractivity contribution in [3.8, 4) is 0 Å². The molecular formula is C10H20FNO3. The zero-order chi connectivity index (χ0) is 12.2. The minimum Gasteiger partial charge on any atom is -0.444 e. The van der Waals surface area contributed by atoms with Crippen molar-refractivity contribution in [2.24, 2.45) is 0 Å². The van der Waals surface area contributed by atoms with Crippen LogP contribution in [0.5, 0.6) is 0 Å². The van der Waals surface area contributed by atoms with Crippen LogP contribution in [0.1, 0.15) is 27.7 Å². The van der Waals surface area contributed by atoms with E-state index in [1.165, 1.54) is 14.0 Å². The number of ether oxygens (including phenoxy) is 1. The summed E-state index contributed by atoms with van der Waals surface area (Å²) in [6, 6.07) is 0. The van der Waals surface area contributed by atoms with Crippen molar-refractivity contribution < 1.29 is 19.0 Å². The number of alkyl halides is 1. The third kappa shape index (κ3) is 6.28. The number of rotatable bonds is 3. The Morgan fingerprint density at radius 1 is 1.53 bits per heavy atom. The van der Waals surface area contributed by atoms with E-state index in [0.717, 1.165) is 4.90 Å². The maximum Gasteiger partial charge on any atom is 0.410 e. The van der Waals surface area contributed by atoms with Crippen molar-refractivity contribution in [2.45, 2.75) is 45.6 Å².